The summed E-state index contributed by atoms with van der Waals surface area (Å²) in [7, 11) is 0. The highest BCUT2D eigenvalue weighted by Gasteiger charge is 2.32. The Balaban J connectivity index is 3.07. The Labute approximate surface area is 195 Å². The quantitative estimate of drug-likeness (QED) is 0.141. The summed E-state index contributed by atoms with van der Waals surface area (Å²) >= 11 is 0. The van der Waals surface area contributed by atoms with Gasteiger partial charge in [0.2, 0.25) is 17.7 Å². The number of imidazole rings is 1. The van der Waals surface area contributed by atoms with Crippen molar-refractivity contribution in [3.8, 4) is 0 Å². The van der Waals surface area contributed by atoms with Crippen molar-refractivity contribution in [2.45, 2.75) is 70.3 Å². The van der Waals surface area contributed by atoms with Gasteiger partial charge in [-0.2, -0.15) is 0 Å². The van der Waals surface area contributed by atoms with E-state index in [0.717, 1.165) is 0 Å². The molecule has 14 nitrogen and oxygen atoms in total. The number of carboxylic acid groups (broad SMARTS) is 2. The van der Waals surface area contributed by atoms with Crippen molar-refractivity contribution in [3.63, 3.8) is 0 Å². The number of rotatable bonds is 14. The van der Waals surface area contributed by atoms with E-state index < -0.39 is 66.4 Å². The van der Waals surface area contributed by atoms with Crippen LogP contribution in [-0.4, -0.2) is 85.2 Å². The maximum Gasteiger partial charge on any atom is 0.328 e. The molecule has 14 heteroatoms. The number of aromatic amines is 1. The summed E-state index contributed by atoms with van der Waals surface area (Å²) in [5, 5.41) is 34.8. The van der Waals surface area contributed by atoms with Crippen LogP contribution in [0.3, 0.4) is 0 Å². The molecule has 0 aliphatic rings. The van der Waals surface area contributed by atoms with Gasteiger partial charge in [-0.05, 0) is 19.3 Å². The summed E-state index contributed by atoms with van der Waals surface area (Å²) in [6, 6.07) is -5.43. The fourth-order valence-electron chi connectivity index (χ4n) is 3.00. The highest BCUT2D eigenvalue weighted by atomic mass is 16.4. The molecule has 0 aliphatic carbocycles. The van der Waals surface area contributed by atoms with Crippen LogP contribution in [0.4, 0.5) is 0 Å². The zero-order valence-corrected chi connectivity index (χ0v) is 19.1. The normalized spacial score (nSPS) is 15.5. The Bertz CT molecular complexity index is 857. The van der Waals surface area contributed by atoms with E-state index in [9.17, 15) is 34.2 Å². The number of aliphatic hydroxyl groups excluding tert-OH is 1. The summed E-state index contributed by atoms with van der Waals surface area (Å²) < 4.78 is 0. The average molecular weight is 485 g/mol. The lowest BCUT2D eigenvalue weighted by molar-refractivity contribution is -0.145. The van der Waals surface area contributed by atoms with Gasteiger partial charge in [0.1, 0.15) is 12.1 Å². The third-order valence-corrected chi connectivity index (χ3v) is 4.73. The molecule has 1 rings (SSSR count). The fraction of sp³-hybridized carbons (Fsp3) is 0.600. The first-order chi connectivity index (χ1) is 15.8. The number of H-pyrrole nitrogens is 1. The number of carboxylic acids is 2. The van der Waals surface area contributed by atoms with Crippen molar-refractivity contribution in [1.29, 1.82) is 0 Å². The van der Waals surface area contributed by atoms with Gasteiger partial charge in [0.05, 0.1) is 24.9 Å². The van der Waals surface area contributed by atoms with Crippen LogP contribution in [0.25, 0.3) is 0 Å². The first-order valence-electron chi connectivity index (χ1n) is 10.6. The van der Waals surface area contributed by atoms with Crippen LogP contribution in [0.15, 0.2) is 12.5 Å². The number of aromatic nitrogens is 2. The molecule has 0 saturated carbocycles. The number of hydrogen-bond donors (Lipinski definition) is 8. The highest BCUT2D eigenvalue weighted by molar-refractivity contribution is 5.94. The number of amides is 3. The molecule has 1 heterocycles. The van der Waals surface area contributed by atoms with Gasteiger partial charge in [0.25, 0.3) is 0 Å². The molecule has 9 N–H and O–H groups in total. The molecule has 0 spiro atoms. The van der Waals surface area contributed by atoms with Crippen molar-refractivity contribution in [3.05, 3.63) is 18.2 Å². The third kappa shape index (κ3) is 9.54. The molecule has 1 aromatic heterocycles. The Morgan fingerprint density at radius 2 is 1.59 bits per heavy atom. The largest absolute Gasteiger partial charge is 0.481 e. The number of nitrogens with one attached hydrogen (secondary N) is 4. The Hall–Kier alpha value is -3.52. The van der Waals surface area contributed by atoms with E-state index in [0.29, 0.717) is 5.69 Å². The number of nitrogens with two attached hydrogens (primary N) is 1. The van der Waals surface area contributed by atoms with E-state index in [1.54, 1.807) is 13.8 Å². The Kier molecular flexibility index (Phi) is 11.1. The molecule has 0 bridgehead atoms. The molecular formula is C20H32N6O8. The number of hydrogen-bond acceptors (Lipinski definition) is 8. The summed E-state index contributed by atoms with van der Waals surface area (Å²) in [4.78, 5) is 66.9. The van der Waals surface area contributed by atoms with Crippen LogP contribution < -0.4 is 21.7 Å². The van der Waals surface area contributed by atoms with E-state index >= 15 is 0 Å². The molecular weight excluding hydrogens is 452 g/mol. The molecule has 5 unspecified atom stereocenters. The van der Waals surface area contributed by atoms with E-state index in [1.165, 1.54) is 19.4 Å². The molecule has 190 valence electrons. The molecule has 0 fully saturated rings. The highest BCUT2D eigenvalue weighted by Crippen LogP contribution is 2.08. The summed E-state index contributed by atoms with van der Waals surface area (Å²) in [5.41, 5.74) is 6.03. The standard InChI is InChI=1S/C20H32N6O8/c1-9(2)4-13(24-17(30)12(21)6-15(28)29)18(31)25-14(5-11-7-22-8-23-11)19(32)26-16(10(3)27)20(33)34/h7-10,12-14,16,27H,4-6,21H2,1-3H3,(H,22,23)(H,24,30)(H,25,31)(H,26,32)(H,28,29)(H,33,34). The third-order valence-electron chi connectivity index (χ3n) is 4.73. The van der Waals surface area contributed by atoms with Gasteiger partial charge >= 0.3 is 11.9 Å². The van der Waals surface area contributed by atoms with Gasteiger partial charge in [-0.3, -0.25) is 19.2 Å². The monoisotopic (exact) mass is 484 g/mol. The van der Waals surface area contributed by atoms with Gasteiger partial charge in [0.15, 0.2) is 6.04 Å². The van der Waals surface area contributed by atoms with Crippen LogP contribution in [0.1, 0.15) is 39.3 Å². The lowest BCUT2D eigenvalue weighted by Gasteiger charge is -2.26. The first-order valence-corrected chi connectivity index (χ1v) is 10.6. The molecule has 0 saturated heterocycles. The maximum absolute atomic E-state index is 13.0. The van der Waals surface area contributed by atoms with Crippen molar-refractivity contribution < 1.29 is 39.3 Å². The van der Waals surface area contributed by atoms with Gasteiger partial charge in [-0.15, -0.1) is 0 Å². The number of carbonyl (C=O) groups is 5. The SMILES string of the molecule is CC(C)CC(NC(=O)C(N)CC(=O)O)C(=O)NC(Cc1cnc[nH]1)C(=O)NC(C(=O)O)C(C)O. The predicted octanol–water partition coefficient (Wildman–Crippen LogP) is -2.28. The zero-order valence-electron chi connectivity index (χ0n) is 19.1. The molecule has 1 aromatic rings. The van der Waals surface area contributed by atoms with Gasteiger partial charge in [-0.1, -0.05) is 13.8 Å². The number of nitrogens with zero attached hydrogens (tertiary/aromatic N) is 1. The van der Waals surface area contributed by atoms with E-state index in [4.69, 9.17) is 10.8 Å². The Morgan fingerprint density at radius 1 is 1.00 bits per heavy atom. The minimum atomic E-state index is -1.62. The summed E-state index contributed by atoms with van der Waals surface area (Å²) in [6.07, 6.45) is 0.782. The van der Waals surface area contributed by atoms with Gasteiger partial charge in [-0.25, -0.2) is 9.78 Å². The summed E-state index contributed by atoms with van der Waals surface area (Å²) in [6.45, 7) is 4.77. The maximum atomic E-state index is 13.0. The first kappa shape index (κ1) is 28.5. The second-order valence-corrected chi connectivity index (χ2v) is 8.30. The van der Waals surface area contributed by atoms with E-state index in [-0.39, 0.29) is 18.8 Å². The molecule has 0 aliphatic heterocycles. The minimum Gasteiger partial charge on any atom is -0.481 e. The average Bonchev–Trinajstić information content (AvgIpc) is 3.22. The number of carbonyl (C=O) groups excluding carboxylic acids is 3. The zero-order chi connectivity index (χ0) is 26.0. The number of aliphatic carboxylic acids is 2. The molecule has 5 atom stereocenters. The van der Waals surface area contributed by atoms with Crippen LogP contribution in [0, 0.1) is 5.92 Å². The van der Waals surface area contributed by atoms with Gasteiger partial charge in [0, 0.05) is 18.3 Å². The molecule has 34 heavy (non-hydrogen) atoms. The smallest absolute Gasteiger partial charge is 0.328 e. The lowest BCUT2D eigenvalue weighted by atomic mass is 10.0. The molecule has 0 aromatic carbocycles. The van der Waals surface area contributed by atoms with E-state index in [1.807, 2.05) is 0 Å². The van der Waals surface area contributed by atoms with Crippen LogP contribution in [0.2, 0.25) is 0 Å². The Morgan fingerprint density at radius 3 is 2.06 bits per heavy atom. The predicted molar refractivity (Wildman–Crippen MR) is 117 cm³/mol. The van der Waals surface area contributed by atoms with E-state index in [2.05, 4.69) is 25.9 Å². The van der Waals surface area contributed by atoms with Crippen LogP contribution in [0.5, 0.6) is 0 Å². The van der Waals surface area contributed by atoms with Crippen molar-refractivity contribution in [2.75, 3.05) is 0 Å². The second kappa shape index (κ2) is 13.3. The minimum absolute atomic E-state index is 0.0711. The summed E-state index contributed by atoms with van der Waals surface area (Å²) in [5.74, 6) is -5.31. The van der Waals surface area contributed by atoms with Crippen LogP contribution in [-0.2, 0) is 30.4 Å². The topological polar surface area (TPSA) is 237 Å². The number of aliphatic hydroxyl groups is 1. The van der Waals surface area contributed by atoms with Crippen molar-refractivity contribution in [2.24, 2.45) is 11.7 Å². The van der Waals surface area contributed by atoms with Crippen molar-refractivity contribution in [1.82, 2.24) is 25.9 Å². The van der Waals surface area contributed by atoms with Gasteiger partial charge < -0.3 is 42.0 Å². The second-order valence-electron chi connectivity index (χ2n) is 8.30. The van der Waals surface area contributed by atoms with Crippen LogP contribution >= 0.6 is 0 Å². The lowest BCUT2D eigenvalue weighted by Crippen LogP contribution is -2.59. The molecule has 0 radical (unpaired) electrons. The molecule has 3 amide bonds. The van der Waals surface area contributed by atoms with Crippen molar-refractivity contribution >= 4 is 29.7 Å². The fourth-order valence-corrected chi connectivity index (χ4v) is 3.00.